The molecule has 0 aromatic carbocycles. The Hall–Kier alpha value is -1.11. The number of amides is 2. The molecule has 124 valence electrons. The van der Waals surface area contributed by atoms with Crippen LogP contribution in [0.4, 0.5) is 0 Å². The van der Waals surface area contributed by atoms with Gasteiger partial charge in [0.05, 0.1) is 17.4 Å². The van der Waals surface area contributed by atoms with Gasteiger partial charge in [0, 0.05) is 32.1 Å². The lowest BCUT2D eigenvalue weighted by atomic mass is 9.98. The monoisotopic (exact) mass is 328 g/mol. The summed E-state index contributed by atoms with van der Waals surface area (Å²) in [5.74, 6) is -0.0803. The van der Waals surface area contributed by atoms with E-state index in [-0.39, 0.29) is 35.3 Å². The first-order valence-electron chi connectivity index (χ1n) is 8.25. The van der Waals surface area contributed by atoms with Gasteiger partial charge in [-0.1, -0.05) is 0 Å². The largest absolute Gasteiger partial charge is 0.341 e. The van der Waals surface area contributed by atoms with E-state index >= 15 is 0 Å². The Morgan fingerprint density at radius 3 is 2.59 bits per heavy atom. The summed E-state index contributed by atoms with van der Waals surface area (Å²) < 4.78 is 23.2. The summed E-state index contributed by atoms with van der Waals surface area (Å²) in [5.41, 5.74) is 0. The third-order valence-corrected chi connectivity index (χ3v) is 6.86. The minimum absolute atomic E-state index is 0.00228. The van der Waals surface area contributed by atoms with Crippen LogP contribution in [0.2, 0.25) is 0 Å². The Bertz CT molecular complexity index is 560. The van der Waals surface area contributed by atoms with Crippen LogP contribution in [-0.4, -0.2) is 67.2 Å². The second-order valence-corrected chi connectivity index (χ2v) is 8.95. The molecule has 0 bridgehead atoms. The highest BCUT2D eigenvalue weighted by Crippen LogP contribution is 2.26. The SMILES string of the molecule is O=C1CCCN1C[C@@H]1CCCCN1C(=O)[C@@H]1CCS(=O)(=O)C1. The minimum atomic E-state index is -3.04. The molecular formula is C15H24N2O4S. The highest BCUT2D eigenvalue weighted by atomic mass is 32.2. The van der Waals surface area contributed by atoms with E-state index in [4.69, 9.17) is 0 Å². The van der Waals surface area contributed by atoms with Crippen LogP contribution < -0.4 is 0 Å². The molecule has 2 amide bonds. The summed E-state index contributed by atoms with van der Waals surface area (Å²) in [6, 6.07) is 0.0617. The van der Waals surface area contributed by atoms with E-state index in [1.54, 1.807) is 0 Å². The number of rotatable bonds is 3. The fraction of sp³-hybridized carbons (Fsp3) is 0.867. The van der Waals surface area contributed by atoms with Crippen molar-refractivity contribution >= 4 is 21.7 Å². The number of nitrogens with zero attached hydrogens (tertiary/aromatic N) is 2. The Morgan fingerprint density at radius 1 is 1.14 bits per heavy atom. The number of carbonyl (C=O) groups excluding carboxylic acids is 2. The van der Waals surface area contributed by atoms with Gasteiger partial charge in [0.1, 0.15) is 0 Å². The standard InChI is InChI=1S/C15H24N2O4S/c18-14-5-3-7-16(14)10-13-4-1-2-8-17(13)15(19)12-6-9-22(20,21)11-12/h12-13H,1-11H2/t12-,13+/m1/s1. The summed E-state index contributed by atoms with van der Waals surface area (Å²) in [4.78, 5) is 28.2. The van der Waals surface area contributed by atoms with E-state index in [9.17, 15) is 18.0 Å². The smallest absolute Gasteiger partial charge is 0.227 e. The maximum Gasteiger partial charge on any atom is 0.227 e. The normalized spacial score (nSPS) is 31.7. The predicted octanol–water partition coefficient (Wildman–Crippen LogP) is 0.425. The fourth-order valence-electron chi connectivity index (χ4n) is 3.86. The molecule has 22 heavy (non-hydrogen) atoms. The topological polar surface area (TPSA) is 74.8 Å². The van der Waals surface area contributed by atoms with Gasteiger partial charge >= 0.3 is 0 Å². The second kappa shape index (κ2) is 6.18. The average Bonchev–Trinajstić information content (AvgIpc) is 3.05. The van der Waals surface area contributed by atoms with Crippen LogP contribution in [0.1, 0.15) is 38.5 Å². The van der Waals surface area contributed by atoms with Gasteiger partial charge in [-0.15, -0.1) is 0 Å². The van der Waals surface area contributed by atoms with Crippen molar-refractivity contribution in [2.75, 3.05) is 31.1 Å². The number of sulfone groups is 1. The first kappa shape index (κ1) is 15.8. The molecule has 0 unspecified atom stereocenters. The van der Waals surface area contributed by atoms with Gasteiger partial charge in [0.2, 0.25) is 11.8 Å². The molecule has 3 aliphatic rings. The van der Waals surface area contributed by atoms with Gasteiger partial charge in [-0.05, 0) is 32.1 Å². The van der Waals surface area contributed by atoms with Gasteiger partial charge in [0.15, 0.2) is 9.84 Å². The Morgan fingerprint density at radius 2 is 1.95 bits per heavy atom. The first-order valence-corrected chi connectivity index (χ1v) is 10.1. The zero-order valence-corrected chi connectivity index (χ0v) is 13.7. The van der Waals surface area contributed by atoms with Gasteiger partial charge < -0.3 is 9.80 Å². The molecule has 0 aliphatic carbocycles. The molecule has 0 aromatic heterocycles. The molecule has 0 saturated carbocycles. The highest BCUT2D eigenvalue weighted by molar-refractivity contribution is 7.91. The molecule has 3 aliphatic heterocycles. The van der Waals surface area contributed by atoms with Crippen LogP contribution in [-0.2, 0) is 19.4 Å². The first-order chi connectivity index (χ1) is 10.5. The lowest BCUT2D eigenvalue weighted by Gasteiger charge is -2.39. The molecule has 3 fully saturated rings. The quantitative estimate of drug-likeness (QED) is 0.753. The molecule has 3 saturated heterocycles. The molecule has 3 rings (SSSR count). The van der Waals surface area contributed by atoms with Crippen molar-refractivity contribution in [1.29, 1.82) is 0 Å². The van der Waals surface area contributed by atoms with E-state index < -0.39 is 9.84 Å². The van der Waals surface area contributed by atoms with Crippen LogP contribution in [0.25, 0.3) is 0 Å². The van der Waals surface area contributed by atoms with Crippen LogP contribution >= 0.6 is 0 Å². The van der Waals surface area contributed by atoms with Crippen molar-refractivity contribution in [2.24, 2.45) is 5.92 Å². The zero-order chi connectivity index (χ0) is 15.7. The Kier molecular flexibility index (Phi) is 4.43. The van der Waals surface area contributed by atoms with Gasteiger partial charge in [-0.2, -0.15) is 0 Å². The third-order valence-electron chi connectivity index (χ3n) is 5.09. The van der Waals surface area contributed by atoms with Crippen LogP contribution in [0, 0.1) is 5.92 Å². The van der Waals surface area contributed by atoms with E-state index in [1.165, 1.54) is 0 Å². The highest BCUT2D eigenvalue weighted by Gasteiger charge is 2.39. The molecular weight excluding hydrogens is 304 g/mol. The molecule has 3 heterocycles. The van der Waals surface area contributed by atoms with Crippen molar-refractivity contribution in [3.63, 3.8) is 0 Å². The van der Waals surface area contributed by atoms with Crippen molar-refractivity contribution in [3.8, 4) is 0 Å². The zero-order valence-electron chi connectivity index (χ0n) is 12.9. The lowest BCUT2D eigenvalue weighted by molar-refractivity contribution is -0.140. The van der Waals surface area contributed by atoms with Crippen molar-refractivity contribution < 1.29 is 18.0 Å². The summed E-state index contributed by atoms with van der Waals surface area (Å²) in [6.45, 7) is 2.10. The van der Waals surface area contributed by atoms with Crippen molar-refractivity contribution in [3.05, 3.63) is 0 Å². The molecule has 0 radical (unpaired) electrons. The molecule has 6 nitrogen and oxygen atoms in total. The van der Waals surface area contributed by atoms with Gasteiger partial charge in [-0.25, -0.2) is 8.42 Å². The number of likely N-dealkylation sites (tertiary alicyclic amines) is 2. The summed E-state index contributed by atoms with van der Waals surface area (Å²) in [5, 5.41) is 0. The maximum atomic E-state index is 12.7. The van der Waals surface area contributed by atoms with E-state index in [2.05, 4.69) is 0 Å². The third kappa shape index (κ3) is 3.29. The number of carbonyl (C=O) groups is 2. The second-order valence-electron chi connectivity index (χ2n) is 6.72. The minimum Gasteiger partial charge on any atom is -0.341 e. The van der Waals surface area contributed by atoms with Crippen molar-refractivity contribution in [2.45, 2.75) is 44.6 Å². The predicted molar refractivity (Wildman–Crippen MR) is 81.9 cm³/mol. The number of piperidine rings is 1. The molecule has 2 atom stereocenters. The fourth-order valence-corrected chi connectivity index (χ4v) is 5.59. The molecule has 0 spiro atoms. The lowest BCUT2D eigenvalue weighted by Crippen LogP contribution is -2.51. The summed E-state index contributed by atoms with van der Waals surface area (Å²) in [7, 11) is -3.04. The van der Waals surface area contributed by atoms with Crippen molar-refractivity contribution in [1.82, 2.24) is 9.80 Å². The Labute approximate surface area is 131 Å². The van der Waals surface area contributed by atoms with Crippen LogP contribution in [0.15, 0.2) is 0 Å². The molecule has 0 N–H and O–H groups in total. The molecule has 7 heteroatoms. The summed E-state index contributed by atoms with van der Waals surface area (Å²) in [6.07, 6.45) is 4.92. The average molecular weight is 328 g/mol. The van der Waals surface area contributed by atoms with E-state index in [0.29, 0.717) is 25.9 Å². The number of hydrogen-bond acceptors (Lipinski definition) is 4. The van der Waals surface area contributed by atoms with Gasteiger partial charge in [0.25, 0.3) is 0 Å². The van der Waals surface area contributed by atoms with Gasteiger partial charge in [-0.3, -0.25) is 9.59 Å². The number of hydrogen-bond donors (Lipinski definition) is 0. The maximum absolute atomic E-state index is 12.7. The molecule has 0 aromatic rings. The van der Waals surface area contributed by atoms with E-state index in [0.717, 1.165) is 32.2 Å². The van der Waals surface area contributed by atoms with E-state index in [1.807, 2.05) is 9.80 Å². The van der Waals surface area contributed by atoms with Crippen LogP contribution in [0.3, 0.4) is 0 Å². The summed E-state index contributed by atoms with van der Waals surface area (Å²) >= 11 is 0. The van der Waals surface area contributed by atoms with Crippen LogP contribution in [0.5, 0.6) is 0 Å². The Balaban J connectivity index is 1.67.